The van der Waals surface area contributed by atoms with E-state index in [9.17, 15) is 13.6 Å². The zero-order valence-electron chi connectivity index (χ0n) is 11.4. The molecular formula is C14H17F2N3O2. The van der Waals surface area contributed by atoms with E-state index >= 15 is 0 Å². The largest absolute Gasteiger partial charge is 0.409 e. The van der Waals surface area contributed by atoms with E-state index in [1.165, 1.54) is 6.07 Å². The fourth-order valence-electron chi connectivity index (χ4n) is 2.67. The summed E-state index contributed by atoms with van der Waals surface area (Å²) in [7, 11) is 0. The molecule has 114 valence electrons. The Bertz CT molecular complexity index is 569. The Hall–Kier alpha value is -2.18. The Morgan fingerprint density at radius 2 is 2.00 bits per heavy atom. The van der Waals surface area contributed by atoms with Crippen LogP contribution < -0.4 is 11.1 Å². The molecule has 0 aromatic heterocycles. The van der Waals surface area contributed by atoms with Crippen LogP contribution in [0.1, 0.15) is 31.2 Å². The van der Waals surface area contributed by atoms with E-state index in [0.29, 0.717) is 18.4 Å². The van der Waals surface area contributed by atoms with Gasteiger partial charge in [-0.3, -0.25) is 4.79 Å². The lowest BCUT2D eigenvalue weighted by Gasteiger charge is -2.28. The quantitative estimate of drug-likeness (QED) is 0.342. The predicted molar refractivity (Wildman–Crippen MR) is 72.8 cm³/mol. The Morgan fingerprint density at radius 3 is 2.57 bits per heavy atom. The van der Waals surface area contributed by atoms with Crippen molar-refractivity contribution < 1.29 is 18.8 Å². The maximum atomic E-state index is 13.1. The van der Waals surface area contributed by atoms with Crippen LogP contribution in [0.4, 0.5) is 8.78 Å². The molecule has 0 atom stereocenters. The maximum absolute atomic E-state index is 13.1. The SMILES string of the molecule is N/C(=N/O)C1(NC(=O)Cc2ccc(F)c(F)c2)CCCC1. The second-order valence-corrected chi connectivity index (χ2v) is 5.25. The van der Waals surface area contributed by atoms with Gasteiger partial charge in [0.15, 0.2) is 17.5 Å². The summed E-state index contributed by atoms with van der Waals surface area (Å²) in [4.78, 5) is 12.1. The first-order chi connectivity index (χ1) is 9.97. The lowest BCUT2D eigenvalue weighted by molar-refractivity contribution is -0.121. The summed E-state index contributed by atoms with van der Waals surface area (Å²) >= 11 is 0. The third kappa shape index (κ3) is 3.29. The van der Waals surface area contributed by atoms with Crippen molar-refractivity contribution in [2.45, 2.75) is 37.6 Å². The number of nitrogens with two attached hydrogens (primary N) is 1. The number of hydrogen-bond donors (Lipinski definition) is 3. The molecule has 5 nitrogen and oxygen atoms in total. The zero-order valence-corrected chi connectivity index (χ0v) is 11.4. The Morgan fingerprint density at radius 1 is 1.33 bits per heavy atom. The normalized spacial score (nSPS) is 17.7. The molecule has 1 saturated carbocycles. The Kier molecular flexibility index (Phi) is 4.40. The molecular weight excluding hydrogens is 280 g/mol. The molecule has 4 N–H and O–H groups in total. The number of nitrogens with one attached hydrogen (secondary N) is 1. The van der Waals surface area contributed by atoms with E-state index in [4.69, 9.17) is 10.9 Å². The molecule has 0 saturated heterocycles. The van der Waals surface area contributed by atoms with Crippen molar-refractivity contribution in [3.8, 4) is 0 Å². The van der Waals surface area contributed by atoms with Crippen LogP contribution in [0.15, 0.2) is 23.4 Å². The van der Waals surface area contributed by atoms with E-state index in [-0.39, 0.29) is 18.2 Å². The van der Waals surface area contributed by atoms with Crippen molar-refractivity contribution in [3.05, 3.63) is 35.4 Å². The average molecular weight is 297 g/mol. The van der Waals surface area contributed by atoms with Crippen molar-refractivity contribution in [3.63, 3.8) is 0 Å². The van der Waals surface area contributed by atoms with Crippen LogP contribution >= 0.6 is 0 Å². The van der Waals surface area contributed by atoms with Gasteiger partial charge in [0.25, 0.3) is 0 Å². The summed E-state index contributed by atoms with van der Waals surface area (Å²) in [5.41, 5.74) is 5.19. The maximum Gasteiger partial charge on any atom is 0.225 e. The summed E-state index contributed by atoms with van der Waals surface area (Å²) in [6.07, 6.45) is 2.81. The van der Waals surface area contributed by atoms with E-state index in [1.54, 1.807) is 0 Å². The van der Waals surface area contributed by atoms with E-state index in [1.807, 2.05) is 0 Å². The topological polar surface area (TPSA) is 87.7 Å². The highest BCUT2D eigenvalue weighted by Gasteiger charge is 2.39. The number of amidine groups is 1. The van der Waals surface area contributed by atoms with Crippen LogP contribution in [0.3, 0.4) is 0 Å². The molecule has 0 spiro atoms. The van der Waals surface area contributed by atoms with Crippen LogP contribution in [0.25, 0.3) is 0 Å². The second-order valence-electron chi connectivity index (χ2n) is 5.25. The minimum absolute atomic E-state index is 0.0290. The standard InChI is InChI=1S/C14H17F2N3O2/c15-10-4-3-9(7-11(10)16)8-12(20)18-14(13(17)19-21)5-1-2-6-14/h3-4,7,21H,1-2,5-6,8H2,(H2,17,19)(H,18,20). The number of halogens is 2. The number of oxime groups is 1. The molecule has 1 aromatic rings. The number of amides is 1. The van der Waals surface area contributed by atoms with Crippen molar-refractivity contribution in [2.75, 3.05) is 0 Å². The smallest absolute Gasteiger partial charge is 0.225 e. The third-order valence-electron chi connectivity index (χ3n) is 3.78. The van der Waals surface area contributed by atoms with Gasteiger partial charge in [0.2, 0.25) is 5.91 Å². The van der Waals surface area contributed by atoms with Crippen LogP contribution in [-0.2, 0) is 11.2 Å². The molecule has 7 heteroatoms. The molecule has 1 fully saturated rings. The number of hydrogen-bond acceptors (Lipinski definition) is 3. The zero-order chi connectivity index (χ0) is 15.5. The van der Waals surface area contributed by atoms with Gasteiger partial charge in [0, 0.05) is 0 Å². The predicted octanol–water partition coefficient (Wildman–Crippen LogP) is 1.68. The van der Waals surface area contributed by atoms with E-state index in [2.05, 4.69) is 10.5 Å². The molecule has 1 aliphatic carbocycles. The van der Waals surface area contributed by atoms with Gasteiger partial charge in [0.1, 0.15) is 5.54 Å². The average Bonchev–Trinajstić information content (AvgIpc) is 2.91. The van der Waals surface area contributed by atoms with Gasteiger partial charge in [0.05, 0.1) is 6.42 Å². The van der Waals surface area contributed by atoms with Gasteiger partial charge in [-0.05, 0) is 30.5 Å². The molecule has 0 unspecified atom stereocenters. The number of benzene rings is 1. The van der Waals surface area contributed by atoms with Crippen LogP contribution in [0.5, 0.6) is 0 Å². The highest BCUT2D eigenvalue weighted by Crippen LogP contribution is 2.30. The fourth-order valence-corrected chi connectivity index (χ4v) is 2.67. The molecule has 2 rings (SSSR count). The summed E-state index contributed by atoms with van der Waals surface area (Å²) < 4.78 is 26.0. The van der Waals surface area contributed by atoms with Crippen molar-refractivity contribution in [1.29, 1.82) is 0 Å². The fraction of sp³-hybridized carbons (Fsp3) is 0.429. The third-order valence-corrected chi connectivity index (χ3v) is 3.78. The van der Waals surface area contributed by atoms with Crippen LogP contribution in [-0.4, -0.2) is 22.5 Å². The summed E-state index contributed by atoms with van der Waals surface area (Å²) in [6, 6.07) is 3.31. The molecule has 1 aliphatic rings. The molecule has 21 heavy (non-hydrogen) atoms. The van der Waals surface area contributed by atoms with E-state index < -0.39 is 17.2 Å². The number of rotatable bonds is 4. The summed E-state index contributed by atoms with van der Waals surface area (Å²) in [5, 5.41) is 14.6. The first-order valence-electron chi connectivity index (χ1n) is 6.70. The molecule has 0 radical (unpaired) electrons. The summed E-state index contributed by atoms with van der Waals surface area (Å²) in [5.74, 6) is -2.36. The molecule has 0 heterocycles. The highest BCUT2D eigenvalue weighted by molar-refractivity contribution is 5.94. The van der Waals surface area contributed by atoms with Gasteiger partial charge in [-0.1, -0.05) is 24.1 Å². The molecule has 1 amide bonds. The van der Waals surface area contributed by atoms with Crippen LogP contribution in [0, 0.1) is 11.6 Å². The molecule has 1 aromatic carbocycles. The summed E-state index contributed by atoms with van der Waals surface area (Å²) in [6.45, 7) is 0. The van der Waals surface area contributed by atoms with Crippen molar-refractivity contribution in [2.24, 2.45) is 10.9 Å². The number of carbonyl (C=O) groups excluding carboxylic acids is 1. The number of nitrogens with zero attached hydrogens (tertiary/aromatic N) is 1. The minimum Gasteiger partial charge on any atom is -0.409 e. The van der Waals surface area contributed by atoms with E-state index in [0.717, 1.165) is 25.0 Å². The highest BCUT2D eigenvalue weighted by atomic mass is 19.2. The molecule has 0 bridgehead atoms. The Labute approximate surface area is 120 Å². The lowest BCUT2D eigenvalue weighted by atomic mass is 9.95. The lowest BCUT2D eigenvalue weighted by Crippen LogP contribution is -2.56. The monoisotopic (exact) mass is 297 g/mol. The first-order valence-corrected chi connectivity index (χ1v) is 6.70. The first kappa shape index (κ1) is 15.2. The van der Waals surface area contributed by atoms with Gasteiger partial charge in [-0.15, -0.1) is 0 Å². The molecule has 0 aliphatic heterocycles. The van der Waals surface area contributed by atoms with Crippen molar-refractivity contribution >= 4 is 11.7 Å². The van der Waals surface area contributed by atoms with Gasteiger partial charge in [-0.25, -0.2) is 8.78 Å². The van der Waals surface area contributed by atoms with Crippen LogP contribution in [0.2, 0.25) is 0 Å². The Balaban J connectivity index is 2.08. The number of carbonyl (C=O) groups is 1. The van der Waals surface area contributed by atoms with Gasteiger partial charge < -0.3 is 16.3 Å². The second kappa shape index (κ2) is 6.07. The van der Waals surface area contributed by atoms with Gasteiger partial charge in [-0.2, -0.15) is 0 Å². The van der Waals surface area contributed by atoms with Gasteiger partial charge >= 0.3 is 0 Å². The van der Waals surface area contributed by atoms with Crippen molar-refractivity contribution in [1.82, 2.24) is 5.32 Å². The minimum atomic E-state index is -0.993.